The molecule has 122 valence electrons. The highest BCUT2D eigenvalue weighted by Crippen LogP contribution is 2.19. The Labute approximate surface area is 129 Å². The van der Waals surface area contributed by atoms with Gasteiger partial charge in [0.25, 0.3) is 0 Å². The maximum absolute atomic E-state index is 12.4. The van der Waals surface area contributed by atoms with E-state index >= 15 is 0 Å². The molecule has 0 amide bonds. The zero-order chi connectivity index (χ0) is 16.0. The number of nitrogens with two attached hydrogens (primary N) is 1. The van der Waals surface area contributed by atoms with Crippen molar-refractivity contribution in [3.8, 4) is 0 Å². The lowest BCUT2D eigenvalue weighted by atomic mass is 10.2. The van der Waals surface area contributed by atoms with E-state index in [4.69, 9.17) is 10.5 Å². The Morgan fingerprint density at radius 3 is 2.50 bits per heavy atom. The van der Waals surface area contributed by atoms with E-state index in [1.807, 2.05) is 0 Å². The van der Waals surface area contributed by atoms with Gasteiger partial charge in [0.1, 0.15) is 0 Å². The second kappa shape index (κ2) is 7.68. The van der Waals surface area contributed by atoms with Gasteiger partial charge in [-0.1, -0.05) is 0 Å². The first kappa shape index (κ1) is 16.9. The van der Waals surface area contributed by atoms with Crippen LogP contribution in [-0.2, 0) is 14.8 Å². The molecule has 6 nitrogen and oxygen atoms in total. The summed E-state index contributed by atoms with van der Waals surface area (Å²) in [6.07, 6.45) is 0.476. The lowest BCUT2D eigenvalue weighted by Gasteiger charge is -2.26. The zero-order valence-electron chi connectivity index (χ0n) is 12.2. The van der Waals surface area contributed by atoms with Crippen molar-refractivity contribution in [2.75, 3.05) is 44.7 Å². The fourth-order valence-corrected chi connectivity index (χ4v) is 3.46. The number of nitrogens with zero attached hydrogens (tertiary/aromatic N) is 1. The molecule has 0 aliphatic carbocycles. The lowest BCUT2D eigenvalue weighted by Crippen LogP contribution is -2.40. The van der Waals surface area contributed by atoms with E-state index in [0.717, 1.165) is 0 Å². The van der Waals surface area contributed by atoms with Crippen molar-refractivity contribution in [1.29, 1.82) is 0 Å². The molecule has 1 aliphatic heterocycles. The second-order valence-corrected chi connectivity index (χ2v) is 6.80. The number of nitrogens with one attached hydrogen (secondary N) is 1. The molecule has 0 aromatic heterocycles. The standard InChI is InChI=1S/C14H20FN3O3S/c15-9-12(10-16)11-17-13-1-3-14(4-2-13)22(19,20)18-5-7-21-8-6-18/h1-4,9,17H,5-8,10-11,16H2/b12-9-. The maximum Gasteiger partial charge on any atom is 0.243 e. The number of hydrogen-bond acceptors (Lipinski definition) is 5. The number of anilines is 1. The van der Waals surface area contributed by atoms with Crippen LogP contribution in [0.25, 0.3) is 0 Å². The van der Waals surface area contributed by atoms with Gasteiger partial charge in [0.2, 0.25) is 10.0 Å². The smallest absolute Gasteiger partial charge is 0.243 e. The van der Waals surface area contributed by atoms with Crippen molar-refractivity contribution >= 4 is 15.7 Å². The van der Waals surface area contributed by atoms with Gasteiger partial charge in [-0.15, -0.1) is 0 Å². The fraction of sp³-hybridized carbons (Fsp3) is 0.429. The molecule has 1 fully saturated rings. The van der Waals surface area contributed by atoms with Gasteiger partial charge >= 0.3 is 0 Å². The summed E-state index contributed by atoms with van der Waals surface area (Å²) in [6.45, 7) is 1.97. The highest BCUT2D eigenvalue weighted by atomic mass is 32.2. The van der Waals surface area contributed by atoms with E-state index in [1.165, 1.54) is 16.4 Å². The zero-order valence-corrected chi connectivity index (χ0v) is 13.0. The minimum atomic E-state index is -3.49. The van der Waals surface area contributed by atoms with Gasteiger partial charge in [0.05, 0.1) is 24.4 Å². The van der Waals surface area contributed by atoms with Gasteiger partial charge in [0, 0.05) is 31.9 Å². The van der Waals surface area contributed by atoms with Crippen LogP contribution >= 0.6 is 0 Å². The molecule has 0 bridgehead atoms. The van der Waals surface area contributed by atoms with E-state index < -0.39 is 10.0 Å². The SMILES string of the molecule is NC/C(=C/F)CNc1ccc(S(=O)(=O)N2CCOCC2)cc1. The molecule has 1 aliphatic rings. The topological polar surface area (TPSA) is 84.7 Å². The number of ether oxygens (including phenoxy) is 1. The molecule has 1 aromatic carbocycles. The van der Waals surface area contributed by atoms with Gasteiger partial charge in [-0.3, -0.25) is 0 Å². The third-order valence-corrected chi connectivity index (χ3v) is 5.31. The largest absolute Gasteiger partial charge is 0.381 e. The van der Waals surface area contributed by atoms with Gasteiger partial charge in [-0.2, -0.15) is 4.31 Å². The summed E-state index contributed by atoms with van der Waals surface area (Å²) in [6, 6.07) is 6.38. The minimum absolute atomic E-state index is 0.132. The number of sulfonamides is 1. The average Bonchev–Trinajstić information content (AvgIpc) is 2.57. The minimum Gasteiger partial charge on any atom is -0.381 e. The molecule has 0 unspecified atom stereocenters. The van der Waals surface area contributed by atoms with Crippen LogP contribution in [0.5, 0.6) is 0 Å². The van der Waals surface area contributed by atoms with Crippen LogP contribution in [0, 0.1) is 0 Å². The molecule has 3 N–H and O–H groups in total. The molecular weight excluding hydrogens is 309 g/mol. The van der Waals surface area contributed by atoms with E-state index in [2.05, 4.69) is 5.32 Å². The lowest BCUT2D eigenvalue weighted by molar-refractivity contribution is 0.0730. The Kier molecular flexibility index (Phi) is 5.90. The number of morpholine rings is 1. The Hall–Kier alpha value is -1.48. The van der Waals surface area contributed by atoms with Crippen LogP contribution in [-0.4, -0.2) is 52.1 Å². The summed E-state index contributed by atoms with van der Waals surface area (Å²) >= 11 is 0. The summed E-state index contributed by atoms with van der Waals surface area (Å²) in [7, 11) is -3.49. The van der Waals surface area contributed by atoms with E-state index in [-0.39, 0.29) is 18.0 Å². The first-order valence-electron chi connectivity index (χ1n) is 6.98. The van der Waals surface area contributed by atoms with E-state index in [9.17, 15) is 12.8 Å². The highest BCUT2D eigenvalue weighted by molar-refractivity contribution is 7.89. The fourth-order valence-electron chi connectivity index (χ4n) is 2.05. The normalized spacial score (nSPS) is 17.5. The van der Waals surface area contributed by atoms with Crippen molar-refractivity contribution in [3.63, 3.8) is 0 Å². The van der Waals surface area contributed by atoms with Crippen LogP contribution in [0.3, 0.4) is 0 Å². The van der Waals surface area contributed by atoms with Crippen molar-refractivity contribution in [2.45, 2.75) is 4.90 Å². The number of halogens is 1. The first-order valence-corrected chi connectivity index (χ1v) is 8.42. The molecule has 1 aromatic rings. The third kappa shape index (κ3) is 4.04. The van der Waals surface area contributed by atoms with Crippen LogP contribution in [0.15, 0.2) is 41.1 Å². The molecule has 0 atom stereocenters. The molecule has 2 rings (SSSR count). The highest BCUT2D eigenvalue weighted by Gasteiger charge is 2.25. The van der Waals surface area contributed by atoms with Crippen molar-refractivity contribution in [1.82, 2.24) is 4.31 Å². The van der Waals surface area contributed by atoms with Crippen molar-refractivity contribution < 1.29 is 17.5 Å². The van der Waals surface area contributed by atoms with Crippen LogP contribution in [0.1, 0.15) is 0 Å². The van der Waals surface area contributed by atoms with Crippen LogP contribution in [0.4, 0.5) is 10.1 Å². The monoisotopic (exact) mass is 329 g/mol. The van der Waals surface area contributed by atoms with Gasteiger partial charge in [0.15, 0.2) is 0 Å². The Morgan fingerprint density at radius 1 is 1.32 bits per heavy atom. The molecule has 1 saturated heterocycles. The third-order valence-electron chi connectivity index (χ3n) is 3.40. The molecule has 22 heavy (non-hydrogen) atoms. The van der Waals surface area contributed by atoms with Gasteiger partial charge < -0.3 is 15.8 Å². The van der Waals surface area contributed by atoms with Gasteiger partial charge in [-0.05, 0) is 29.8 Å². The van der Waals surface area contributed by atoms with E-state index in [1.54, 1.807) is 12.1 Å². The summed E-state index contributed by atoms with van der Waals surface area (Å²) in [5.74, 6) is 0. The van der Waals surface area contributed by atoms with Gasteiger partial charge in [-0.25, -0.2) is 12.8 Å². The van der Waals surface area contributed by atoms with E-state index in [0.29, 0.717) is 43.9 Å². The Balaban J connectivity index is 2.04. The molecule has 8 heteroatoms. The Bertz CT molecular complexity index is 611. The Morgan fingerprint density at radius 2 is 1.95 bits per heavy atom. The van der Waals surface area contributed by atoms with Crippen molar-refractivity contribution in [2.24, 2.45) is 5.73 Å². The average molecular weight is 329 g/mol. The summed E-state index contributed by atoms with van der Waals surface area (Å²) in [4.78, 5) is 0.236. The molecule has 0 saturated carbocycles. The number of benzene rings is 1. The van der Waals surface area contributed by atoms with Crippen LogP contribution in [0.2, 0.25) is 0 Å². The quantitative estimate of drug-likeness (QED) is 0.811. The molecule has 0 spiro atoms. The second-order valence-electron chi connectivity index (χ2n) is 4.87. The first-order chi connectivity index (χ1) is 10.6. The summed E-state index contributed by atoms with van der Waals surface area (Å²) in [5, 5.41) is 2.99. The number of rotatable bonds is 6. The molecule has 0 radical (unpaired) electrons. The van der Waals surface area contributed by atoms with Crippen molar-refractivity contribution in [3.05, 3.63) is 36.2 Å². The maximum atomic E-state index is 12.4. The number of hydrogen-bond donors (Lipinski definition) is 2. The summed E-state index contributed by atoms with van der Waals surface area (Å²) in [5.41, 5.74) is 6.51. The van der Waals surface area contributed by atoms with Crippen LogP contribution < -0.4 is 11.1 Å². The molecule has 1 heterocycles. The summed E-state index contributed by atoms with van der Waals surface area (Å²) < 4.78 is 43.9. The predicted octanol–water partition coefficient (Wildman–Crippen LogP) is 0.931. The predicted molar refractivity (Wildman–Crippen MR) is 82.8 cm³/mol. The molecular formula is C14H20FN3O3S.